The van der Waals surface area contributed by atoms with Gasteiger partial charge in [0, 0.05) is 34.8 Å². The first-order chi connectivity index (χ1) is 18.3. The Bertz CT molecular complexity index is 1510. The number of fused-ring (bicyclic) bond motifs is 3. The van der Waals surface area contributed by atoms with Gasteiger partial charge in [0.2, 0.25) is 0 Å². The number of carbonyl (C=O) groups excluding carboxylic acids is 4. The molecule has 0 unspecified atom stereocenters. The van der Waals surface area contributed by atoms with Crippen molar-refractivity contribution >= 4 is 39.3 Å². The molecule has 6 rings (SSSR count). The van der Waals surface area contributed by atoms with Crippen molar-refractivity contribution in [1.82, 2.24) is 5.06 Å². The molecule has 1 heterocycles. The van der Waals surface area contributed by atoms with Crippen molar-refractivity contribution in [2.75, 3.05) is 0 Å². The molecule has 38 heavy (non-hydrogen) atoms. The fourth-order valence-corrected chi connectivity index (χ4v) is 6.59. The molecule has 0 saturated carbocycles. The minimum atomic E-state index is -0.854. The lowest BCUT2D eigenvalue weighted by Crippen LogP contribution is -2.39. The Kier molecular flexibility index (Phi) is 5.92. The van der Waals surface area contributed by atoms with Crippen LogP contribution >= 0.6 is 15.9 Å². The van der Waals surface area contributed by atoms with Crippen molar-refractivity contribution in [2.45, 2.75) is 25.4 Å². The van der Waals surface area contributed by atoms with Crippen LogP contribution in [0.3, 0.4) is 0 Å². The molecular formula is C29H22BrNO7. The predicted octanol–water partition coefficient (Wildman–Crippen LogP) is 4.12. The minimum Gasteiger partial charge on any atom is -0.507 e. The minimum absolute atomic E-state index is 0.0816. The standard InChI is InChI=1S/C29H22BrNO7/c30-21-12-23(33)26-20(27(21)34)11-19-16(8-9-18-25(19)29(36)31(37)28(18)35)24(26)17-7-6-15(10-22(17)32)38-13-14-4-2-1-3-5-14/h1-8,10,12,18-19,24-25,32,37H,9,11,13H2/t18-,19+,24+,25-/m0/s1. The van der Waals surface area contributed by atoms with Crippen LogP contribution in [0.1, 0.15) is 29.9 Å². The molecule has 1 saturated heterocycles. The van der Waals surface area contributed by atoms with E-state index < -0.39 is 35.5 Å². The average molecular weight is 576 g/mol. The SMILES string of the molecule is O=C1C=C(Br)C(=O)C2=C1[C@@H](c1ccc(OCc3ccccc3)cc1O)C1=CC[C@@H]3C(=O)N(O)C(=O)[C@@H]3[C@@H]1C2. The fourth-order valence-electron chi connectivity index (χ4n) is 6.14. The number of ether oxygens (including phenoxy) is 1. The zero-order chi connectivity index (χ0) is 26.7. The molecule has 2 N–H and O–H groups in total. The van der Waals surface area contributed by atoms with Crippen LogP contribution < -0.4 is 4.74 Å². The third-order valence-electron chi connectivity index (χ3n) is 7.87. The zero-order valence-corrected chi connectivity index (χ0v) is 21.6. The van der Waals surface area contributed by atoms with Crippen LogP contribution in [-0.4, -0.2) is 38.8 Å². The van der Waals surface area contributed by atoms with E-state index in [1.54, 1.807) is 12.1 Å². The van der Waals surface area contributed by atoms with Crippen molar-refractivity contribution in [2.24, 2.45) is 17.8 Å². The van der Waals surface area contributed by atoms with E-state index in [2.05, 4.69) is 15.9 Å². The van der Waals surface area contributed by atoms with E-state index in [4.69, 9.17) is 4.74 Å². The van der Waals surface area contributed by atoms with Gasteiger partial charge in [-0.15, -0.1) is 0 Å². The first-order valence-corrected chi connectivity index (χ1v) is 13.0. The Morgan fingerprint density at radius 2 is 1.76 bits per heavy atom. The molecular weight excluding hydrogens is 554 g/mol. The molecule has 0 bridgehead atoms. The highest BCUT2D eigenvalue weighted by Crippen LogP contribution is 2.56. The van der Waals surface area contributed by atoms with Crippen molar-refractivity contribution in [3.8, 4) is 11.5 Å². The molecule has 3 aliphatic carbocycles. The molecule has 1 aliphatic heterocycles. The van der Waals surface area contributed by atoms with Gasteiger partial charge >= 0.3 is 0 Å². The van der Waals surface area contributed by atoms with Crippen LogP contribution in [0.2, 0.25) is 0 Å². The summed E-state index contributed by atoms with van der Waals surface area (Å²) in [7, 11) is 0. The van der Waals surface area contributed by atoms with E-state index >= 15 is 0 Å². The summed E-state index contributed by atoms with van der Waals surface area (Å²) in [5.41, 5.74) is 2.54. The topological polar surface area (TPSA) is 121 Å². The summed E-state index contributed by atoms with van der Waals surface area (Å²) in [4.78, 5) is 51.8. The number of hydroxylamine groups is 2. The second-order valence-electron chi connectivity index (χ2n) is 9.88. The summed E-state index contributed by atoms with van der Waals surface area (Å²) in [6.45, 7) is 0.300. The van der Waals surface area contributed by atoms with E-state index in [1.165, 1.54) is 12.1 Å². The normalized spacial score (nSPS) is 26.5. The first-order valence-electron chi connectivity index (χ1n) is 12.2. The van der Waals surface area contributed by atoms with Crippen molar-refractivity contribution in [3.63, 3.8) is 0 Å². The number of phenolic OH excluding ortho intramolecular Hbond substituents is 1. The molecule has 1 fully saturated rings. The Morgan fingerprint density at radius 1 is 1.00 bits per heavy atom. The maximum Gasteiger partial charge on any atom is 0.257 e. The molecule has 9 heteroatoms. The Balaban J connectivity index is 1.42. The number of rotatable bonds is 4. The van der Waals surface area contributed by atoms with Crippen LogP contribution in [-0.2, 0) is 25.8 Å². The number of nitrogens with zero attached hydrogens (tertiary/aromatic N) is 1. The first kappa shape index (κ1) is 24.5. The number of hydrogen-bond donors (Lipinski definition) is 2. The van der Waals surface area contributed by atoms with Gasteiger partial charge in [-0.25, -0.2) is 0 Å². The third-order valence-corrected chi connectivity index (χ3v) is 8.46. The summed E-state index contributed by atoms with van der Waals surface area (Å²) in [5, 5.41) is 21.4. The number of hydrogen-bond acceptors (Lipinski definition) is 7. The van der Waals surface area contributed by atoms with Crippen molar-refractivity contribution in [1.29, 1.82) is 0 Å². The third kappa shape index (κ3) is 3.76. The summed E-state index contributed by atoms with van der Waals surface area (Å²) in [6.07, 6.45) is 3.33. The van der Waals surface area contributed by atoms with E-state index in [0.717, 1.165) is 5.56 Å². The maximum absolute atomic E-state index is 13.3. The number of imide groups is 1. The maximum atomic E-state index is 13.3. The summed E-state index contributed by atoms with van der Waals surface area (Å²) >= 11 is 3.17. The number of allylic oxidation sites excluding steroid dienone is 6. The number of amides is 2. The van der Waals surface area contributed by atoms with Crippen LogP contribution in [0, 0.1) is 17.8 Å². The summed E-state index contributed by atoms with van der Waals surface area (Å²) in [5.74, 6) is -4.78. The molecule has 2 aromatic rings. The van der Waals surface area contributed by atoms with Crippen LogP contribution in [0.25, 0.3) is 0 Å². The van der Waals surface area contributed by atoms with Gasteiger partial charge in [0.1, 0.15) is 18.1 Å². The second kappa shape index (κ2) is 9.18. The fraction of sp³-hybridized carbons (Fsp3) is 0.241. The molecule has 4 atom stereocenters. The molecule has 2 amide bonds. The Labute approximate surface area is 226 Å². The Hall–Kier alpha value is -3.82. The van der Waals surface area contributed by atoms with Gasteiger partial charge in [-0.3, -0.25) is 24.4 Å². The Morgan fingerprint density at radius 3 is 2.50 bits per heavy atom. The lowest BCUT2D eigenvalue weighted by atomic mass is 9.59. The van der Waals surface area contributed by atoms with Crippen LogP contribution in [0.15, 0.2) is 81.9 Å². The molecule has 2 aromatic carbocycles. The lowest BCUT2D eigenvalue weighted by Gasteiger charge is -2.42. The highest BCUT2D eigenvalue weighted by atomic mass is 79.9. The van der Waals surface area contributed by atoms with Gasteiger partial charge in [0.05, 0.1) is 16.3 Å². The molecule has 0 spiro atoms. The van der Waals surface area contributed by atoms with Gasteiger partial charge < -0.3 is 9.84 Å². The molecule has 0 aromatic heterocycles. The van der Waals surface area contributed by atoms with Gasteiger partial charge in [-0.2, -0.15) is 5.06 Å². The quantitative estimate of drug-likeness (QED) is 0.243. The van der Waals surface area contributed by atoms with E-state index in [-0.39, 0.29) is 50.8 Å². The van der Waals surface area contributed by atoms with Crippen LogP contribution in [0.5, 0.6) is 11.5 Å². The number of ketones is 2. The monoisotopic (exact) mass is 575 g/mol. The van der Waals surface area contributed by atoms with Crippen molar-refractivity contribution < 1.29 is 34.2 Å². The predicted molar refractivity (Wildman–Crippen MR) is 137 cm³/mol. The van der Waals surface area contributed by atoms with Gasteiger partial charge in [-0.1, -0.05) is 48.0 Å². The molecule has 0 radical (unpaired) electrons. The average Bonchev–Trinajstić information content (AvgIpc) is 3.14. The zero-order valence-electron chi connectivity index (χ0n) is 20.0. The number of Topliss-reactive ketones (excluding diaryl/α,β-unsaturated/α-hetero) is 1. The highest BCUT2D eigenvalue weighted by Gasteiger charge is 2.56. The van der Waals surface area contributed by atoms with Gasteiger partial charge in [0.25, 0.3) is 11.8 Å². The summed E-state index contributed by atoms with van der Waals surface area (Å²) < 4.78 is 5.95. The van der Waals surface area contributed by atoms with Gasteiger partial charge in [-0.05, 0) is 46.3 Å². The highest BCUT2D eigenvalue weighted by molar-refractivity contribution is 9.12. The van der Waals surface area contributed by atoms with E-state index in [9.17, 15) is 29.5 Å². The number of aromatic hydroxyl groups is 1. The van der Waals surface area contributed by atoms with E-state index in [1.807, 2.05) is 36.4 Å². The van der Waals surface area contributed by atoms with Crippen molar-refractivity contribution in [3.05, 3.63) is 93.0 Å². The number of carbonyl (C=O) groups is 4. The smallest absolute Gasteiger partial charge is 0.257 e. The largest absolute Gasteiger partial charge is 0.507 e. The van der Waals surface area contributed by atoms with Crippen LogP contribution in [0.4, 0.5) is 0 Å². The number of halogens is 1. The molecule has 4 aliphatic rings. The molecule has 8 nitrogen and oxygen atoms in total. The summed E-state index contributed by atoms with van der Waals surface area (Å²) in [6, 6.07) is 14.4. The second-order valence-corrected chi connectivity index (χ2v) is 10.7. The number of benzene rings is 2. The lowest BCUT2D eigenvalue weighted by molar-refractivity contribution is -0.173. The van der Waals surface area contributed by atoms with E-state index in [0.29, 0.717) is 23.5 Å². The molecule has 192 valence electrons. The number of phenols is 1. The van der Waals surface area contributed by atoms with Gasteiger partial charge in [0.15, 0.2) is 11.6 Å².